The first-order chi connectivity index (χ1) is 14.4. The van der Waals surface area contributed by atoms with E-state index in [2.05, 4.69) is 20.9 Å². The summed E-state index contributed by atoms with van der Waals surface area (Å²) in [6, 6.07) is 14.8. The summed E-state index contributed by atoms with van der Waals surface area (Å²) in [5.74, 6) is 0.770. The molecule has 0 spiro atoms. The average molecular weight is 556 g/mol. The quantitative estimate of drug-likeness (QED) is 0.277. The van der Waals surface area contributed by atoms with E-state index < -0.39 is 9.84 Å². The lowest BCUT2D eigenvalue weighted by molar-refractivity contribution is -0.116. The molecule has 3 rings (SSSR count). The molecule has 2 aromatic rings. The number of sulfone groups is 1. The van der Waals surface area contributed by atoms with Crippen molar-refractivity contribution in [3.63, 3.8) is 0 Å². The largest absolute Gasteiger partial charge is 0.357 e. The molecule has 1 aliphatic rings. The van der Waals surface area contributed by atoms with Crippen LogP contribution in [0.2, 0.25) is 0 Å². The molecule has 1 amide bonds. The van der Waals surface area contributed by atoms with E-state index in [-0.39, 0.29) is 35.8 Å². The second-order valence-corrected chi connectivity index (χ2v) is 9.36. The van der Waals surface area contributed by atoms with Gasteiger partial charge in [0.1, 0.15) is 0 Å². The number of carbonyl (C=O) groups excluding carboxylic acids is 1. The molecule has 168 valence electrons. The number of nitrogens with one attached hydrogen (secondary N) is 3. The summed E-state index contributed by atoms with van der Waals surface area (Å²) in [6.07, 6.45) is 2.37. The number of para-hydroxylation sites is 1. The fraction of sp³-hybridized carbons (Fsp3) is 0.364. The van der Waals surface area contributed by atoms with Gasteiger partial charge in [0.15, 0.2) is 15.8 Å². The van der Waals surface area contributed by atoms with E-state index in [9.17, 15) is 13.2 Å². The Hall–Kier alpha value is -2.14. The Labute approximate surface area is 201 Å². The number of anilines is 1. The van der Waals surface area contributed by atoms with Crippen molar-refractivity contribution < 1.29 is 13.2 Å². The highest BCUT2D eigenvalue weighted by atomic mass is 127. The molecule has 1 unspecified atom stereocenters. The lowest BCUT2D eigenvalue weighted by Crippen LogP contribution is -2.38. The van der Waals surface area contributed by atoms with E-state index in [1.54, 1.807) is 12.1 Å². The Morgan fingerprint density at radius 1 is 1.13 bits per heavy atom. The third kappa shape index (κ3) is 7.20. The van der Waals surface area contributed by atoms with Crippen LogP contribution < -0.4 is 16.0 Å². The number of halogens is 1. The Kier molecular flexibility index (Phi) is 9.30. The molecule has 0 radical (unpaired) electrons. The van der Waals surface area contributed by atoms with E-state index in [1.165, 1.54) is 6.26 Å². The second-order valence-electron chi connectivity index (χ2n) is 7.35. The molecule has 1 heterocycles. The van der Waals surface area contributed by atoms with Crippen molar-refractivity contribution >= 4 is 51.4 Å². The van der Waals surface area contributed by atoms with Crippen molar-refractivity contribution in [3.05, 3.63) is 59.7 Å². The van der Waals surface area contributed by atoms with Gasteiger partial charge in [0.25, 0.3) is 0 Å². The molecule has 0 fully saturated rings. The van der Waals surface area contributed by atoms with Gasteiger partial charge in [-0.15, -0.1) is 24.0 Å². The van der Waals surface area contributed by atoms with Crippen molar-refractivity contribution in [2.24, 2.45) is 4.99 Å². The zero-order valence-electron chi connectivity index (χ0n) is 17.7. The Bertz CT molecular complexity index is 1020. The number of benzene rings is 2. The maximum Gasteiger partial charge on any atom is 0.225 e. The van der Waals surface area contributed by atoms with Gasteiger partial charge in [-0.2, -0.15) is 0 Å². The van der Waals surface area contributed by atoms with Crippen LogP contribution in [-0.2, 0) is 21.1 Å². The van der Waals surface area contributed by atoms with Gasteiger partial charge >= 0.3 is 0 Å². The number of nitrogens with zero attached hydrogens (tertiary/aromatic N) is 1. The topological polar surface area (TPSA) is 99.7 Å². The minimum Gasteiger partial charge on any atom is -0.357 e. The summed E-state index contributed by atoms with van der Waals surface area (Å²) in [5, 5.41) is 9.45. The van der Waals surface area contributed by atoms with Crippen LogP contribution in [0.5, 0.6) is 0 Å². The van der Waals surface area contributed by atoms with E-state index >= 15 is 0 Å². The number of hydrogen-bond donors (Lipinski definition) is 3. The highest BCUT2D eigenvalue weighted by Gasteiger charge is 2.24. The fourth-order valence-electron chi connectivity index (χ4n) is 3.44. The minimum atomic E-state index is -3.18. The zero-order chi connectivity index (χ0) is 21.6. The molecule has 0 bridgehead atoms. The van der Waals surface area contributed by atoms with Crippen LogP contribution in [0.4, 0.5) is 5.69 Å². The smallest absolute Gasteiger partial charge is 0.225 e. The molecule has 1 aliphatic heterocycles. The maximum absolute atomic E-state index is 12.0. The number of rotatable bonds is 7. The number of hydrogen-bond acceptors (Lipinski definition) is 4. The summed E-state index contributed by atoms with van der Waals surface area (Å²) in [5.41, 5.74) is 3.02. The highest BCUT2D eigenvalue weighted by Crippen LogP contribution is 2.31. The molecule has 2 aromatic carbocycles. The van der Waals surface area contributed by atoms with Crippen LogP contribution in [0.15, 0.2) is 58.4 Å². The van der Waals surface area contributed by atoms with Crippen LogP contribution in [-0.4, -0.2) is 46.2 Å². The van der Waals surface area contributed by atoms with Gasteiger partial charge in [-0.3, -0.25) is 9.79 Å². The van der Waals surface area contributed by atoms with Gasteiger partial charge in [-0.25, -0.2) is 8.42 Å². The standard InChI is InChI=1S/C22H28N4O3S.HI/c1-3-23-22(24-13-12-16-8-10-18(11-9-16)30(2,28)29)25-15-17-14-21(27)26-20-7-5-4-6-19(17)20;/h4-11,17H,3,12-15H2,1-2H3,(H,26,27)(H2,23,24,25);1H. The molecule has 9 heteroatoms. The Morgan fingerprint density at radius 3 is 2.52 bits per heavy atom. The normalized spacial score (nSPS) is 16.0. The number of aliphatic imine (C=N–C) groups is 1. The van der Waals surface area contributed by atoms with E-state index in [0.29, 0.717) is 30.4 Å². The van der Waals surface area contributed by atoms with Gasteiger partial charge in [0.2, 0.25) is 5.91 Å². The molecule has 1 atom stereocenters. The predicted octanol–water partition coefficient (Wildman–Crippen LogP) is 2.93. The van der Waals surface area contributed by atoms with E-state index in [1.807, 2.05) is 43.3 Å². The van der Waals surface area contributed by atoms with Gasteiger partial charge in [-0.1, -0.05) is 30.3 Å². The van der Waals surface area contributed by atoms with Gasteiger partial charge in [-0.05, 0) is 42.7 Å². The number of carbonyl (C=O) groups is 1. The van der Waals surface area contributed by atoms with Crippen LogP contribution in [0.1, 0.15) is 30.4 Å². The monoisotopic (exact) mass is 556 g/mol. The van der Waals surface area contributed by atoms with Gasteiger partial charge in [0, 0.05) is 37.4 Å². The second kappa shape index (κ2) is 11.5. The number of guanidine groups is 1. The number of amides is 1. The predicted molar refractivity (Wildman–Crippen MR) is 135 cm³/mol. The number of fused-ring (bicyclic) bond motifs is 1. The lowest BCUT2D eigenvalue weighted by atomic mass is 9.91. The van der Waals surface area contributed by atoms with Gasteiger partial charge < -0.3 is 16.0 Å². The first kappa shape index (κ1) is 25.1. The van der Waals surface area contributed by atoms with Crippen molar-refractivity contribution in [2.75, 3.05) is 31.2 Å². The van der Waals surface area contributed by atoms with Crippen LogP contribution >= 0.6 is 24.0 Å². The summed E-state index contributed by atoms with van der Waals surface area (Å²) in [7, 11) is -3.18. The van der Waals surface area contributed by atoms with E-state index in [4.69, 9.17) is 0 Å². The van der Waals surface area contributed by atoms with Crippen molar-refractivity contribution in [1.29, 1.82) is 0 Å². The third-order valence-corrected chi connectivity index (χ3v) is 6.11. The third-order valence-electron chi connectivity index (χ3n) is 4.98. The maximum atomic E-state index is 12.0. The fourth-order valence-corrected chi connectivity index (χ4v) is 4.07. The summed E-state index contributed by atoms with van der Waals surface area (Å²) in [4.78, 5) is 17.0. The van der Waals surface area contributed by atoms with Gasteiger partial charge in [0.05, 0.1) is 11.4 Å². The molecular weight excluding hydrogens is 527 g/mol. The summed E-state index contributed by atoms with van der Waals surface area (Å²) >= 11 is 0. The first-order valence-corrected chi connectivity index (χ1v) is 12.0. The highest BCUT2D eigenvalue weighted by molar-refractivity contribution is 14.0. The molecule has 3 N–H and O–H groups in total. The van der Waals surface area contributed by atoms with Crippen LogP contribution in [0.3, 0.4) is 0 Å². The molecule has 0 aromatic heterocycles. The van der Waals surface area contributed by atoms with E-state index in [0.717, 1.165) is 29.8 Å². The SMILES string of the molecule is CCNC(=NCC1CC(=O)Nc2ccccc21)NCCc1ccc(S(C)(=O)=O)cc1.I. The Morgan fingerprint density at radius 2 is 1.84 bits per heavy atom. The Balaban J connectivity index is 0.00000341. The molecule has 0 aliphatic carbocycles. The molecule has 0 saturated carbocycles. The molecule has 31 heavy (non-hydrogen) atoms. The molecule has 7 nitrogen and oxygen atoms in total. The minimum absolute atomic E-state index is 0. The van der Waals surface area contributed by atoms with Crippen molar-refractivity contribution in [1.82, 2.24) is 10.6 Å². The van der Waals surface area contributed by atoms with Crippen LogP contribution in [0, 0.1) is 0 Å². The molecular formula is C22H29IN4O3S. The zero-order valence-corrected chi connectivity index (χ0v) is 20.9. The van der Waals surface area contributed by atoms with Crippen LogP contribution in [0.25, 0.3) is 0 Å². The summed E-state index contributed by atoms with van der Waals surface area (Å²) in [6.45, 7) is 3.91. The average Bonchev–Trinajstić information content (AvgIpc) is 2.71. The van der Waals surface area contributed by atoms with Crippen molar-refractivity contribution in [3.8, 4) is 0 Å². The van der Waals surface area contributed by atoms with Crippen molar-refractivity contribution in [2.45, 2.75) is 30.6 Å². The molecule has 0 saturated heterocycles. The lowest BCUT2D eigenvalue weighted by Gasteiger charge is -2.24. The first-order valence-electron chi connectivity index (χ1n) is 10.1. The summed E-state index contributed by atoms with van der Waals surface area (Å²) < 4.78 is 23.1.